The highest BCUT2D eigenvalue weighted by molar-refractivity contribution is 6.31. The molecule has 0 radical (unpaired) electrons. The van der Waals surface area contributed by atoms with Crippen molar-refractivity contribution in [3.05, 3.63) is 34.3 Å². The summed E-state index contributed by atoms with van der Waals surface area (Å²) in [6.45, 7) is 1.73. The second kappa shape index (κ2) is 5.47. The number of rotatable bonds is 4. The Hall–Kier alpha value is -0.610. The average Bonchev–Trinajstić information content (AvgIpc) is 2.17. The minimum absolute atomic E-state index is 0.130. The fraction of sp³-hybridized carbons (Fsp3) is 0.455. The highest BCUT2D eigenvalue weighted by atomic mass is 35.5. The molecule has 15 heavy (non-hydrogen) atoms. The SMILES string of the molecule is Cc1ccc(C(O)C(O)CCO)c(Cl)c1. The molecule has 0 spiro atoms. The lowest BCUT2D eigenvalue weighted by Gasteiger charge is -2.18. The minimum atomic E-state index is -1.05. The molecule has 0 heterocycles. The van der Waals surface area contributed by atoms with Gasteiger partial charge in [-0.1, -0.05) is 23.7 Å². The maximum atomic E-state index is 9.75. The molecule has 4 heteroatoms. The van der Waals surface area contributed by atoms with E-state index in [4.69, 9.17) is 16.7 Å². The van der Waals surface area contributed by atoms with E-state index in [0.717, 1.165) is 5.56 Å². The van der Waals surface area contributed by atoms with Gasteiger partial charge in [-0.2, -0.15) is 0 Å². The van der Waals surface area contributed by atoms with Gasteiger partial charge in [0.15, 0.2) is 0 Å². The van der Waals surface area contributed by atoms with Crippen molar-refractivity contribution in [2.24, 2.45) is 0 Å². The summed E-state index contributed by atoms with van der Waals surface area (Å²) in [6, 6.07) is 5.23. The van der Waals surface area contributed by atoms with E-state index < -0.39 is 12.2 Å². The van der Waals surface area contributed by atoms with Crippen molar-refractivity contribution in [1.82, 2.24) is 0 Å². The molecule has 0 fully saturated rings. The summed E-state index contributed by atoms with van der Waals surface area (Å²) in [5, 5.41) is 28.3. The van der Waals surface area contributed by atoms with Gasteiger partial charge in [0, 0.05) is 17.2 Å². The van der Waals surface area contributed by atoms with Crippen molar-refractivity contribution in [3.63, 3.8) is 0 Å². The van der Waals surface area contributed by atoms with Crippen LogP contribution in [0, 0.1) is 6.92 Å². The standard InChI is InChI=1S/C11H15ClO3/c1-7-2-3-8(9(12)6-7)11(15)10(14)4-5-13/h2-3,6,10-11,13-15H,4-5H2,1H3. The van der Waals surface area contributed by atoms with Crippen molar-refractivity contribution < 1.29 is 15.3 Å². The van der Waals surface area contributed by atoms with Crippen LogP contribution >= 0.6 is 11.6 Å². The van der Waals surface area contributed by atoms with Crippen molar-refractivity contribution in [2.75, 3.05) is 6.61 Å². The van der Waals surface area contributed by atoms with E-state index in [2.05, 4.69) is 0 Å². The molecular formula is C11H15ClO3. The number of aryl methyl sites for hydroxylation is 1. The van der Waals surface area contributed by atoms with Gasteiger partial charge in [-0.15, -0.1) is 0 Å². The first-order chi connectivity index (χ1) is 7.06. The lowest BCUT2D eigenvalue weighted by molar-refractivity contribution is 0.00426. The summed E-state index contributed by atoms with van der Waals surface area (Å²) in [6.07, 6.45) is -1.91. The predicted molar refractivity (Wildman–Crippen MR) is 58.9 cm³/mol. The Morgan fingerprint density at radius 2 is 2.00 bits per heavy atom. The lowest BCUT2D eigenvalue weighted by Crippen LogP contribution is -2.19. The molecule has 0 saturated carbocycles. The van der Waals surface area contributed by atoms with E-state index in [-0.39, 0.29) is 13.0 Å². The number of hydrogen-bond donors (Lipinski definition) is 3. The zero-order valence-corrected chi connectivity index (χ0v) is 9.28. The third-order valence-corrected chi connectivity index (χ3v) is 2.59. The van der Waals surface area contributed by atoms with E-state index in [1.807, 2.05) is 13.0 Å². The van der Waals surface area contributed by atoms with Crippen molar-refractivity contribution in [2.45, 2.75) is 25.6 Å². The maximum absolute atomic E-state index is 9.75. The zero-order chi connectivity index (χ0) is 11.4. The minimum Gasteiger partial charge on any atom is -0.396 e. The van der Waals surface area contributed by atoms with Crippen LogP contribution in [-0.2, 0) is 0 Å². The summed E-state index contributed by atoms with van der Waals surface area (Å²) in [5.41, 5.74) is 1.48. The molecule has 0 aromatic heterocycles. The molecule has 1 rings (SSSR count). The fourth-order valence-corrected chi connectivity index (χ4v) is 1.72. The molecular weight excluding hydrogens is 216 g/mol. The van der Waals surface area contributed by atoms with Gasteiger partial charge >= 0.3 is 0 Å². The number of aliphatic hydroxyl groups excluding tert-OH is 3. The predicted octanol–water partition coefficient (Wildman–Crippen LogP) is 1.43. The zero-order valence-electron chi connectivity index (χ0n) is 8.52. The summed E-state index contributed by atoms with van der Waals surface area (Å²) in [5.74, 6) is 0. The molecule has 0 aliphatic carbocycles. The van der Waals surface area contributed by atoms with Crippen LogP contribution in [-0.4, -0.2) is 28.0 Å². The number of hydrogen-bond acceptors (Lipinski definition) is 3. The quantitative estimate of drug-likeness (QED) is 0.733. The van der Waals surface area contributed by atoms with Crippen LogP contribution < -0.4 is 0 Å². The van der Waals surface area contributed by atoms with Crippen LogP contribution in [0.5, 0.6) is 0 Å². The molecule has 1 aromatic carbocycles. The van der Waals surface area contributed by atoms with Gasteiger partial charge in [-0.25, -0.2) is 0 Å². The van der Waals surface area contributed by atoms with Gasteiger partial charge in [0.2, 0.25) is 0 Å². The van der Waals surface area contributed by atoms with Crippen molar-refractivity contribution >= 4 is 11.6 Å². The van der Waals surface area contributed by atoms with Crippen LogP contribution in [0.1, 0.15) is 23.7 Å². The number of aliphatic hydroxyl groups is 3. The van der Waals surface area contributed by atoms with Crippen LogP contribution in [0.25, 0.3) is 0 Å². The molecule has 84 valence electrons. The normalized spacial score (nSPS) is 15.0. The van der Waals surface area contributed by atoms with Gasteiger partial charge in [0.05, 0.1) is 6.10 Å². The van der Waals surface area contributed by atoms with E-state index in [9.17, 15) is 10.2 Å². The van der Waals surface area contributed by atoms with Crippen LogP contribution in [0.15, 0.2) is 18.2 Å². The summed E-state index contributed by atoms with van der Waals surface area (Å²) >= 11 is 5.94. The smallest absolute Gasteiger partial charge is 0.106 e. The van der Waals surface area contributed by atoms with Crippen molar-refractivity contribution in [1.29, 1.82) is 0 Å². The molecule has 3 nitrogen and oxygen atoms in total. The highest BCUT2D eigenvalue weighted by Crippen LogP contribution is 2.27. The van der Waals surface area contributed by atoms with Gasteiger partial charge in [-0.3, -0.25) is 0 Å². The maximum Gasteiger partial charge on any atom is 0.106 e. The third kappa shape index (κ3) is 3.18. The Balaban J connectivity index is 2.86. The number of benzene rings is 1. The second-order valence-electron chi connectivity index (χ2n) is 3.55. The van der Waals surface area contributed by atoms with Gasteiger partial charge in [-0.05, 0) is 25.0 Å². The van der Waals surface area contributed by atoms with Crippen LogP contribution in [0.2, 0.25) is 5.02 Å². The molecule has 0 bridgehead atoms. The molecule has 2 unspecified atom stereocenters. The van der Waals surface area contributed by atoms with Gasteiger partial charge < -0.3 is 15.3 Å². The lowest BCUT2D eigenvalue weighted by atomic mass is 10.0. The summed E-state index contributed by atoms with van der Waals surface area (Å²) in [7, 11) is 0. The molecule has 3 N–H and O–H groups in total. The Morgan fingerprint density at radius 1 is 1.33 bits per heavy atom. The summed E-state index contributed by atoms with van der Waals surface area (Å²) < 4.78 is 0. The van der Waals surface area contributed by atoms with Crippen LogP contribution in [0.4, 0.5) is 0 Å². The molecule has 1 aromatic rings. The monoisotopic (exact) mass is 230 g/mol. The molecule has 0 saturated heterocycles. The van der Waals surface area contributed by atoms with E-state index in [1.54, 1.807) is 12.1 Å². The first-order valence-corrected chi connectivity index (χ1v) is 5.17. The second-order valence-corrected chi connectivity index (χ2v) is 3.96. The molecule has 0 aliphatic rings. The van der Waals surface area contributed by atoms with E-state index in [0.29, 0.717) is 10.6 Å². The third-order valence-electron chi connectivity index (χ3n) is 2.26. The van der Waals surface area contributed by atoms with Crippen molar-refractivity contribution in [3.8, 4) is 0 Å². The first kappa shape index (κ1) is 12.5. The Morgan fingerprint density at radius 3 is 2.53 bits per heavy atom. The van der Waals surface area contributed by atoms with E-state index in [1.165, 1.54) is 0 Å². The molecule has 0 aliphatic heterocycles. The Kier molecular flexibility index (Phi) is 4.54. The highest BCUT2D eigenvalue weighted by Gasteiger charge is 2.19. The molecule has 0 amide bonds. The Bertz CT molecular complexity index is 328. The first-order valence-electron chi connectivity index (χ1n) is 4.79. The average molecular weight is 231 g/mol. The van der Waals surface area contributed by atoms with Crippen LogP contribution in [0.3, 0.4) is 0 Å². The fourth-order valence-electron chi connectivity index (χ4n) is 1.37. The Labute approximate surface area is 93.9 Å². The number of halogens is 1. The van der Waals surface area contributed by atoms with E-state index >= 15 is 0 Å². The van der Waals surface area contributed by atoms with Gasteiger partial charge in [0.25, 0.3) is 0 Å². The summed E-state index contributed by atoms with van der Waals surface area (Å²) in [4.78, 5) is 0. The van der Waals surface area contributed by atoms with Gasteiger partial charge in [0.1, 0.15) is 6.10 Å². The topological polar surface area (TPSA) is 60.7 Å². The molecule has 2 atom stereocenters. The largest absolute Gasteiger partial charge is 0.396 e.